The van der Waals surface area contributed by atoms with E-state index in [2.05, 4.69) is 54.0 Å². The summed E-state index contributed by atoms with van der Waals surface area (Å²) < 4.78 is 2.29. The number of nitrogens with zero attached hydrogens (tertiary/aromatic N) is 3. The first-order chi connectivity index (χ1) is 12.2. The summed E-state index contributed by atoms with van der Waals surface area (Å²) in [6, 6.07) is 16.9. The van der Waals surface area contributed by atoms with Crippen LogP contribution in [0.3, 0.4) is 0 Å². The zero-order chi connectivity index (χ0) is 17.4. The van der Waals surface area contributed by atoms with E-state index in [4.69, 9.17) is 4.98 Å². The molecule has 1 amide bonds. The number of aryl methyl sites for hydroxylation is 1. The summed E-state index contributed by atoms with van der Waals surface area (Å²) >= 11 is 0. The van der Waals surface area contributed by atoms with Crippen LogP contribution in [0.5, 0.6) is 0 Å². The number of hydrogen-bond donors (Lipinski definition) is 0. The van der Waals surface area contributed by atoms with Crippen LogP contribution in [0.1, 0.15) is 36.2 Å². The Balaban J connectivity index is 1.76. The Morgan fingerprint density at radius 3 is 2.60 bits per heavy atom. The van der Waals surface area contributed by atoms with Crippen molar-refractivity contribution in [3.05, 3.63) is 65.5 Å². The van der Waals surface area contributed by atoms with E-state index in [9.17, 15) is 4.79 Å². The average molecular weight is 333 g/mol. The molecule has 0 radical (unpaired) electrons. The zero-order valence-corrected chi connectivity index (χ0v) is 14.8. The van der Waals surface area contributed by atoms with Crippen LogP contribution < -0.4 is 0 Å². The van der Waals surface area contributed by atoms with Crippen molar-refractivity contribution >= 4 is 16.9 Å². The molecule has 1 fully saturated rings. The first-order valence-electron chi connectivity index (χ1n) is 8.94. The molecule has 0 aliphatic carbocycles. The molecule has 4 heteroatoms. The molecule has 2 aromatic carbocycles. The van der Waals surface area contributed by atoms with Crippen LogP contribution in [0.25, 0.3) is 11.0 Å². The van der Waals surface area contributed by atoms with Crippen molar-refractivity contribution in [1.82, 2.24) is 14.5 Å². The Hall–Kier alpha value is -2.62. The fourth-order valence-electron chi connectivity index (χ4n) is 3.70. The summed E-state index contributed by atoms with van der Waals surface area (Å²) in [4.78, 5) is 19.0. The zero-order valence-electron chi connectivity index (χ0n) is 14.8. The number of aromatic nitrogens is 2. The molecule has 0 bridgehead atoms. The van der Waals surface area contributed by atoms with E-state index >= 15 is 0 Å². The van der Waals surface area contributed by atoms with Crippen LogP contribution in [0.4, 0.5) is 0 Å². The normalized spacial score (nSPS) is 17.6. The molecule has 1 unspecified atom stereocenters. The van der Waals surface area contributed by atoms with Gasteiger partial charge in [0.2, 0.25) is 5.91 Å². The van der Waals surface area contributed by atoms with Crippen LogP contribution in [0.15, 0.2) is 48.5 Å². The highest BCUT2D eigenvalue weighted by Crippen LogP contribution is 2.30. The molecule has 1 atom stereocenters. The van der Waals surface area contributed by atoms with Gasteiger partial charge in [-0.1, -0.05) is 42.0 Å². The molecule has 4 rings (SSSR count). The highest BCUT2D eigenvalue weighted by Gasteiger charge is 2.33. The molecule has 2 heterocycles. The van der Waals surface area contributed by atoms with Crippen LogP contribution in [-0.2, 0) is 11.3 Å². The summed E-state index contributed by atoms with van der Waals surface area (Å²) in [6.45, 7) is 6.47. The predicted molar refractivity (Wildman–Crippen MR) is 99.6 cm³/mol. The summed E-state index contributed by atoms with van der Waals surface area (Å²) in [5.41, 5.74) is 4.67. The lowest BCUT2D eigenvalue weighted by Crippen LogP contribution is -2.24. The number of benzene rings is 2. The van der Waals surface area contributed by atoms with Crippen LogP contribution >= 0.6 is 0 Å². The third-order valence-corrected chi connectivity index (χ3v) is 5.11. The summed E-state index contributed by atoms with van der Waals surface area (Å²) in [5.74, 6) is 1.44. The molecule has 1 aliphatic rings. The SMILES string of the molecule is CCN1CC(c2nc3ccccc3n2Cc2ccc(C)cc2)CC1=O. The molecule has 1 saturated heterocycles. The molecule has 1 aromatic heterocycles. The van der Waals surface area contributed by atoms with Gasteiger partial charge in [-0.2, -0.15) is 0 Å². The number of likely N-dealkylation sites (tertiary alicyclic amines) is 1. The summed E-state index contributed by atoms with van der Waals surface area (Å²) in [7, 11) is 0. The Morgan fingerprint density at radius 1 is 1.12 bits per heavy atom. The molecule has 3 aromatic rings. The second kappa shape index (κ2) is 6.36. The van der Waals surface area contributed by atoms with Gasteiger partial charge in [-0.25, -0.2) is 4.98 Å². The maximum Gasteiger partial charge on any atom is 0.223 e. The number of carbonyl (C=O) groups is 1. The van der Waals surface area contributed by atoms with Crippen molar-refractivity contribution in [2.45, 2.75) is 32.7 Å². The lowest BCUT2D eigenvalue weighted by Gasteiger charge is -2.15. The van der Waals surface area contributed by atoms with Crippen molar-refractivity contribution in [3.63, 3.8) is 0 Å². The minimum absolute atomic E-state index is 0.172. The van der Waals surface area contributed by atoms with E-state index in [1.165, 1.54) is 11.1 Å². The van der Waals surface area contributed by atoms with Gasteiger partial charge >= 0.3 is 0 Å². The van der Waals surface area contributed by atoms with Gasteiger partial charge < -0.3 is 9.47 Å². The number of imidazole rings is 1. The van der Waals surface area contributed by atoms with Gasteiger partial charge in [0.15, 0.2) is 0 Å². The van der Waals surface area contributed by atoms with Gasteiger partial charge in [-0.3, -0.25) is 4.79 Å². The van der Waals surface area contributed by atoms with E-state index in [0.29, 0.717) is 6.42 Å². The largest absolute Gasteiger partial charge is 0.342 e. The van der Waals surface area contributed by atoms with Gasteiger partial charge in [0.05, 0.1) is 11.0 Å². The van der Waals surface area contributed by atoms with E-state index in [1.807, 2.05) is 17.9 Å². The lowest BCUT2D eigenvalue weighted by atomic mass is 10.1. The number of fused-ring (bicyclic) bond motifs is 1. The standard InChI is InChI=1S/C21H23N3O/c1-3-23-14-17(12-20(23)25)21-22-18-6-4-5-7-19(18)24(21)13-16-10-8-15(2)9-11-16/h4-11,17H,3,12-14H2,1-2H3. The fraction of sp³-hybridized carbons (Fsp3) is 0.333. The topological polar surface area (TPSA) is 38.1 Å². The van der Waals surface area contributed by atoms with Crippen molar-refractivity contribution < 1.29 is 4.79 Å². The third-order valence-electron chi connectivity index (χ3n) is 5.11. The Morgan fingerprint density at radius 2 is 1.88 bits per heavy atom. The number of para-hydroxylation sites is 2. The van der Waals surface area contributed by atoms with E-state index in [-0.39, 0.29) is 11.8 Å². The highest BCUT2D eigenvalue weighted by molar-refractivity contribution is 5.80. The molecule has 25 heavy (non-hydrogen) atoms. The molecule has 0 spiro atoms. The Bertz CT molecular complexity index is 911. The van der Waals surface area contributed by atoms with E-state index in [0.717, 1.165) is 36.5 Å². The number of hydrogen-bond acceptors (Lipinski definition) is 2. The van der Waals surface area contributed by atoms with Gasteiger partial charge in [0, 0.05) is 32.0 Å². The lowest BCUT2D eigenvalue weighted by molar-refractivity contribution is -0.127. The Labute approximate surface area is 148 Å². The minimum Gasteiger partial charge on any atom is -0.342 e. The van der Waals surface area contributed by atoms with Gasteiger partial charge in [0.1, 0.15) is 5.82 Å². The number of amides is 1. The first-order valence-corrected chi connectivity index (χ1v) is 8.94. The summed E-state index contributed by atoms with van der Waals surface area (Å²) in [5, 5.41) is 0. The minimum atomic E-state index is 0.172. The Kier molecular flexibility index (Phi) is 4.04. The average Bonchev–Trinajstić information content (AvgIpc) is 3.17. The predicted octanol–water partition coefficient (Wildman–Crippen LogP) is 3.73. The molecule has 128 valence electrons. The van der Waals surface area contributed by atoms with Gasteiger partial charge in [-0.05, 0) is 31.5 Å². The highest BCUT2D eigenvalue weighted by atomic mass is 16.2. The van der Waals surface area contributed by atoms with E-state index < -0.39 is 0 Å². The van der Waals surface area contributed by atoms with Crippen LogP contribution in [0.2, 0.25) is 0 Å². The maximum absolute atomic E-state index is 12.2. The second-order valence-electron chi connectivity index (χ2n) is 6.86. The second-order valence-corrected chi connectivity index (χ2v) is 6.86. The number of likely N-dealkylation sites (N-methyl/N-ethyl adjacent to an activating group) is 1. The first kappa shape index (κ1) is 15.9. The fourth-order valence-corrected chi connectivity index (χ4v) is 3.70. The third kappa shape index (κ3) is 2.93. The summed E-state index contributed by atoms with van der Waals surface area (Å²) in [6.07, 6.45) is 0.561. The number of rotatable bonds is 4. The van der Waals surface area contributed by atoms with E-state index in [1.54, 1.807) is 0 Å². The molecule has 4 nitrogen and oxygen atoms in total. The smallest absolute Gasteiger partial charge is 0.223 e. The van der Waals surface area contributed by atoms with Crippen molar-refractivity contribution in [1.29, 1.82) is 0 Å². The molecule has 1 aliphatic heterocycles. The monoisotopic (exact) mass is 333 g/mol. The van der Waals surface area contributed by atoms with Crippen LogP contribution in [-0.4, -0.2) is 33.4 Å². The quantitative estimate of drug-likeness (QED) is 0.730. The van der Waals surface area contributed by atoms with Gasteiger partial charge in [0.25, 0.3) is 0 Å². The van der Waals surface area contributed by atoms with Crippen molar-refractivity contribution in [2.24, 2.45) is 0 Å². The maximum atomic E-state index is 12.2. The van der Waals surface area contributed by atoms with Crippen molar-refractivity contribution in [3.8, 4) is 0 Å². The molecular weight excluding hydrogens is 310 g/mol. The molecule has 0 N–H and O–H groups in total. The van der Waals surface area contributed by atoms with Crippen LogP contribution in [0, 0.1) is 6.92 Å². The van der Waals surface area contributed by atoms with Crippen molar-refractivity contribution in [2.75, 3.05) is 13.1 Å². The number of carbonyl (C=O) groups excluding carboxylic acids is 1. The van der Waals surface area contributed by atoms with Gasteiger partial charge in [-0.15, -0.1) is 0 Å². The molecular formula is C21H23N3O. The molecule has 0 saturated carbocycles.